The van der Waals surface area contributed by atoms with Crippen molar-refractivity contribution < 1.29 is 26.4 Å². The lowest BCUT2D eigenvalue weighted by molar-refractivity contribution is -0.113. The summed E-state index contributed by atoms with van der Waals surface area (Å²) in [6.45, 7) is 1.37. The third-order valence-corrected chi connectivity index (χ3v) is 8.48. The van der Waals surface area contributed by atoms with Gasteiger partial charge in [0, 0.05) is 13.1 Å². The molecule has 2 aromatic rings. The SMILES string of the molecule is Cc1ccc(S(=O)(=O)N(CCN(CC(=O)Cl)S(=O)(=O)c2ccc(C)cc2)CC(=O)Cl)cc1. The highest BCUT2D eigenvalue weighted by atomic mass is 35.5. The number of carbonyl (C=O) groups excluding carboxylic acids is 2. The standard InChI is InChI=1S/C20H22Cl2N2O6S2/c1-15-3-7-17(8-4-15)31(27,28)23(13-19(21)25)11-12-24(14-20(22)26)32(29,30)18-9-5-16(2)6-10-18/h3-10H,11-14H2,1-2H3. The average Bonchev–Trinajstić information content (AvgIpc) is 2.70. The molecule has 0 atom stereocenters. The zero-order valence-electron chi connectivity index (χ0n) is 17.4. The molecule has 0 aliphatic rings. The molecule has 0 aliphatic carbocycles. The van der Waals surface area contributed by atoms with Crippen molar-refractivity contribution in [2.75, 3.05) is 26.2 Å². The maximum Gasteiger partial charge on any atom is 0.243 e. The van der Waals surface area contributed by atoms with E-state index in [1.807, 2.05) is 0 Å². The van der Waals surface area contributed by atoms with Gasteiger partial charge in [-0.2, -0.15) is 8.61 Å². The number of rotatable bonds is 11. The number of aryl methyl sites for hydroxylation is 2. The summed E-state index contributed by atoms with van der Waals surface area (Å²) in [5, 5.41) is -1.89. The highest BCUT2D eigenvalue weighted by molar-refractivity contribution is 7.89. The highest BCUT2D eigenvalue weighted by Crippen LogP contribution is 2.20. The second-order valence-corrected chi connectivity index (χ2v) is 11.7. The quantitative estimate of drug-likeness (QED) is 0.421. The van der Waals surface area contributed by atoms with E-state index in [4.69, 9.17) is 23.2 Å². The number of carbonyl (C=O) groups is 2. The predicted octanol–water partition coefficient (Wildman–Crippen LogP) is 2.52. The normalized spacial score (nSPS) is 12.3. The zero-order chi connectivity index (χ0) is 24.1. The molecule has 0 aliphatic heterocycles. The van der Waals surface area contributed by atoms with Gasteiger partial charge in [-0.3, -0.25) is 9.59 Å². The molecule has 0 fully saturated rings. The first-order valence-electron chi connectivity index (χ1n) is 9.34. The summed E-state index contributed by atoms with van der Waals surface area (Å²) in [5.74, 6) is 0. The van der Waals surface area contributed by atoms with Crippen molar-refractivity contribution in [2.45, 2.75) is 23.6 Å². The van der Waals surface area contributed by atoms with Crippen molar-refractivity contribution >= 4 is 53.7 Å². The van der Waals surface area contributed by atoms with Gasteiger partial charge in [-0.05, 0) is 61.3 Å². The number of hydrogen-bond donors (Lipinski definition) is 0. The van der Waals surface area contributed by atoms with Gasteiger partial charge < -0.3 is 0 Å². The molecule has 32 heavy (non-hydrogen) atoms. The van der Waals surface area contributed by atoms with E-state index in [2.05, 4.69) is 0 Å². The molecule has 8 nitrogen and oxygen atoms in total. The number of benzene rings is 2. The Hall–Kier alpha value is -1.82. The lowest BCUT2D eigenvalue weighted by atomic mass is 10.2. The largest absolute Gasteiger partial charge is 0.280 e. The Morgan fingerprint density at radius 2 is 0.938 bits per heavy atom. The predicted molar refractivity (Wildman–Crippen MR) is 122 cm³/mol. The molecular formula is C20H22Cl2N2O6S2. The van der Waals surface area contributed by atoms with Crippen LogP contribution in [0.15, 0.2) is 58.3 Å². The van der Waals surface area contributed by atoms with Crippen LogP contribution < -0.4 is 0 Å². The minimum absolute atomic E-state index is 0.0811. The molecule has 2 rings (SSSR count). The maximum atomic E-state index is 13.0. The van der Waals surface area contributed by atoms with Gasteiger partial charge in [-0.1, -0.05) is 35.4 Å². The van der Waals surface area contributed by atoms with Gasteiger partial charge in [0.1, 0.15) is 0 Å². The summed E-state index contributed by atoms with van der Waals surface area (Å²) in [6.07, 6.45) is 0. The monoisotopic (exact) mass is 520 g/mol. The molecule has 0 heterocycles. The van der Waals surface area contributed by atoms with Gasteiger partial charge in [-0.25, -0.2) is 16.8 Å². The van der Waals surface area contributed by atoms with Gasteiger partial charge in [0.15, 0.2) is 0 Å². The fourth-order valence-corrected chi connectivity index (χ4v) is 5.99. The summed E-state index contributed by atoms with van der Waals surface area (Å²) in [7, 11) is -8.33. The van der Waals surface area contributed by atoms with Gasteiger partial charge >= 0.3 is 0 Å². The molecule has 12 heteroatoms. The molecule has 0 unspecified atom stereocenters. The molecule has 2 aromatic carbocycles. The van der Waals surface area contributed by atoms with Crippen molar-refractivity contribution in [2.24, 2.45) is 0 Å². The lowest BCUT2D eigenvalue weighted by Gasteiger charge is -2.25. The van der Waals surface area contributed by atoms with E-state index in [-0.39, 0.29) is 9.79 Å². The van der Waals surface area contributed by atoms with Crippen LogP contribution in [-0.4, -0.2) is 62.1 Å². The van der Waals surface area contributed by atoms with Gasteiger partial charge in [0.2, 0.25) is 30.5 Å². The molecule has 0 amide bonds. The zero-order valence-corrected chi connectivity index (χ0v) is 20.5. The van der Waals surface area contributed by atoms with Crippen LogP contribution in [0.5, 0.6) is 0 Å². The van der Waals surface area contributed by atoms with E-state index < -0.39 is 56.7 Å². The smallest absolute Gasteiger partial charge is 0.243 e. The molecule has 0 radical (unpaired) electrons. The first-order chi connectivity index (χ1) is 14.8. The van der Waals surface area contributed by atoms with Crippen LogP contribution in [0.2, 0.25) is 0 Å². The highest BCUT2D eigenvalue weighted by Gasteiger charge is 2.31. The topological polar surface area (TPSA) is 109 Å². The molecule has 0 spiro atoms. The van der Waals surface area contributed by atoms with E-state index in [0.717, 1.165) is 19.7 Å². The number of sulfonamides is 2. The number of nitrogens with zero attached hydrogens (tertiary/aromatic N) is 2. The first kappa shape index (κ1) is 26.4. The van der Waals surface area contributed by atoms with Crippen LogP contribution in [-0.2, 0) is 29.6 Å². The molecule has 0 bridgehead atoms. The minimum Gasteiger partial charge on any atom is -0.280 e. The molecular weight excluding hydrogens is 499 g/mol. The number of halogens is 2. The van der Waals surface area contributed by atoms with E-state index in [1.54, 1.807) is 38.1 Å². The summed E-state index contributed by atoms with van der Waals surface area (Å²) >= 11 is 10.9. The van der Waals surface area contributed by atoms with Crippen LogP contribution in [0.3, 0.4) is 0 Å². The van der Waals surface area contributed by atoms with Crippen LogP contribution in [0.4, 0.5) is 0 Å². The van der Waals surface area contributed by atoms with Crippen molar-refractivity contribution in [1.29, 1.82) is 0 Å². The van der Waals surface area contributed by atoms with Gasteiger partial charge in [-0.15, -0.1) is 0 Å². The summed E-state index contributed by atoms with van der Waals surface area (Å²) in [5.41, 5.74) is 1.67. The van der Waals surface area contributed by atoms with Crippen LogP contribution in [0, 0.1) is 13.8 Å². The average molecular weight is 521 g/mol. The van der Waals surface area contributed by atoms with E-state index >= 15 is 0 Å². The molecule has 174 valence electrons. The Kier molecular flexibility index (Phi) is 8.98. The Morgan fingerprint density at radius 1 is 0.656 bits per heavy atom. The lowest BCUT2D eigenvalue weighted by Crippen LogP contribution is -2.43. The summed E-state index contributed by atoms with van der Waals surface area (Å²) in [4.78, 5) is 22.9. The fraction of sp³-hybridized carbons (Fsp3) is 0.300. The Labute approximate surface area is 197 Å². The second kappa shape index (κ2) is 10.9. The van der Waals surface area contributed by atoms with Crippen LogP contribution >= 0.6 is 23.2 Å². The van der Waals surface area contributed by atoms with Crippen molar-refractivity contribution in [3.63, 3.8) is 0 Å². The third kappa shape index (κ3) is 6.84. The van der Waals surface area contributed by atoms with E-state index in [9.17, 15) is 26.4 Å². The van der Waals surface area contributed by atoms with Crippen molar-refractivity contribution in [3.05, 3.63) is 59.7 Å². The van der Waals surface area contributed by atoms with Gasteiger partial charge in [0.25, 0.3) is 0 Å². The van der Waals surface area contributed by atoms with E-state index in [0.29, 0.717) is 0 Å². The number of hydrogen-bond acceptors (Lipinski definition) is 6. The Bertz CT molecular complexity index is 1090. The summed E-state index contributed by atoms with van der Waals surface area (Å²) < 4.78 is 53.6. The van der Waals surface area contributed by atoms with Crippen LogP contribution in [0.1, 0.15) is 11.1 Å². The van der Waals surface area contributed by atoms with E-state index in [1.165, 1.54) is 24.3 Å². The first-order valence-corrected chi connectivity index (χ1v) is 13.0. The van der Waals surface area contributed by atoms with Crippen molar-refractivity contribution in [3.8, 4) is 0 Å². The maximum absolute atomic E-state index is 13.0. The Balaban J connectivity index is 2.36. The molecule has 0 N–H and O–H groups in total. The molecule has 0 saturated carbocycles. The fourth-order valence-electron chi connectivity index (χ4n) is 2.79. The third-order valence-electron chi connectivity index (χ3n) is 4.52. The van der Waals surface area contributed by atoms with Crippen molar-refractivity contribution in [1.82, 2.24) is 8.61 Å². The Morgan fingerprint density at radius 3 is 1.19 bits per heavy atom. The minimum atomic E-state index is -4.16. The van der Waals surface area contributed by atoms with Gasteiger partial charge in [0.05, 0.1) is 22.9 Å². The molecule has 0 saturated heterocycles. The van der Waals surface area contributed by atoms with Crippen LogP contribution in [0.25, 0.3) is 0 Å². The molecule has 0 aromatic heterocycles. The second-order valence-electron chi connectivity index (χ2n) is 7.01. The summed E-state index contributed by atoms with van der Waals surface area (Å²) in [6, 6.07) is 11.9.